The van der Waals surface area contributed by atoms with Gasteiger partial charge in [0, 0.05) is 31.3 Å². The highest BCUT2D eigenvalue weighted by atomic mass is 16.1. The summed E-state index contributed by atoms with van der Waals surface area (Å²) in [6.07, 6.45) is 3.64. The predicted molar refractivity (Wildman–Crippen MR) is 49.9 cm³/mol. The Morgan fingerprint density at radius 2 is 2.38 bits per heavy atom. The molecular weight excluding hydrogens is 166 g/mol. The number of hydrogen-bond donors (Lipinski definition) is 1. The molecule has 1 heterocycles. The van der Waals surface area contributed by atoms with Crippen molar-refractivity contribution in [2.24, 2.45) is 13.0 Å². The molecule has 0 radical (unpaired) electrons. The van der Waals surface area contributed by atoms with Gasteiger partial charge in [-0.2, -0.15) is 5.10 Å². The first-order valence-corrected chi connectivity index (χ1v) is 4.35. The second kappa shape index (κ2) is 4.07. The molecule has 0 aliphatic heterocycles. The maximum absolute atomic E-state index is 11.2. The number of aromatic nitrogens is 2. The van der Waals surface area contributed by atoms with Gasteiger partial charge >= 0.3 is 0 Å². The number of amides is 1. The van der Waals surface area contributed by atoms with Crippen molar-refractivity contribution >= 4 is 5.91 Å². The summed E-state index contributed by atoms with van der Waals surface area (Å²) < 4.78 is 1.72. The standard InChI is InChI=1S/C9H15N3O/c1-7(2)9(13)10-4-8-5-11-12(3)6-8/h5-7H,4H2,1-3H3,(H,10,13). The zero-order valence-corrected chi connectivity index (χ0v) is 8.24. The molecule has 4 heteroatoms. The van der Waals surface area contributed by atoms with Crippen LogP contribution in [0.2, 0.25) is 0 Å². The first kappa shape index (κ1) is 9.77. The molecule has 0 atom stereocenters. The summed E-state index contributed by atoms with van der Waals surface area (Å²) in [4.78, 5) is 11.2. The molecule has 13 heavy (non-hydrogen) atoms. The van der Waals surface area contributed by atoms with Gasteiger partial charge < -0.3 is 5.32 Å². The van der Waals surface area contributed by atoms with Crippen molar-refractivity contribution in [3.63, 3.8) is 0 Å². The number of aryl methyl sites for hydroxylation is 1. The molecule has 0 unspecified atom stereocenters. The van der Waals surface area contributed by atoms with Crippen molar-refractivity contribution < 1.29 is 4.79 Å². The fourth-order valence-electron chi connectivity index (χ4n) is 0.956. The molecule has 1 amide bonds. The van der Waals surface area contributed by atoms with Gasteiger partial charge in [0.05, 0.1) is 6.20 Å². The second-order valence-corrected chi connectivity index (χ2v) is 3.39. The Labute approximate surface area is 77.9 Å². The van der Waals surface area contributed by atoms with Crippen molar-refractivity contribution in [1.82, 2.24) is 15.1 Å². The van der Waals surface area contributed by atoms with Gasteiger partial charge in [0.2, 0.25) is 5.91 Å². The van der Waals surface area contributed by atoms with Gasteiger partial charge in [-0.1, -0.05) is 13.8 Å². The molecule has 72 valence electrons. The van der Waals surface area contributed by atoms with Crippen molar-refractivity contribution in [2.75, 3.05) is 0 Å². The molecule has 0 saturated carbocycles. The SMILES string of the molecule is CC(C)C(=O)NCc1cnn(C)c1. The molecule has 0 bridgehead atoms. The summed E-state index contributed by atoms with van der Waals surface area (Å²) in [6.45, 7) is 4.31. The third kappa shape index (κ3) is 2.89. The monoisotopic (exact) mass is 181 g/mol. The first-order chi connectivity index (χ1) is 6.09. The van der Waals surface area contributed by atoms with E-state index in [0.29, 0.717) is 6.54 Å². The highest BCUT2D eigenvalue weighted by Gasteiger charge is 2.05. The summed E-state index contributed by atoms with van der Waals surface area (Å²) in [7, 11) is 1.85. The van der Waals surface area contributed by atoms with E-state index in [4.69, 9.17) is 0 Å². The Morgan fingerprint density at radius 1 is 1.69 bits per heavy atom. The quantitative estimate of drug-likeness (QED) is 0.745. The Hall–Kier alpha value is -1.32. The average Bonchev–Trinajstić information content (AvgIpc) is 2.47. The maximum atomic E-state index is 11.2. The van der Waals surface area contributed by atoms with Crippen LogP contribution in [-0.2, 0) is 18.4 Å². The summed E-state index contributed by atoms with van der Waals surface area (Å²) in [6, 6.07) is 0. The van der Waals surface area contributed by atoms with E-state index in [-0.39, 0.29) is 11.8 Å². The second-order valence-electron chi connectivity index (χ2n) is 3.39. The third-order valence-electron chi connectivity index (χ3n) is 1.75. The Bertz CT molecular complexity index is 291. The smallest absolute Gasteiger partial charge is 0.222 e. The number of carbonyl (C=O) groups is 1. The fourth-order valence-corrected chi connectivity index (χ4v) is 0.956. The summed E-state index contributed by atoms with van der Waals surface area (Å²) in [5.41, 5.74) is 1.02. The number of nitrogens with one attached hydrogen (secondary N) is 1. The van der Waals surface area contributed by atoms with E-state index in [2.05, 4.69) is 10.4 Å². The lowest BCUT2D eigenvalue weighted by Crippen LogP contribution is -2.26. The molecule has 1 aromatic rings. The predicted octanol–water partition coefficient (Wildman–Crippen LogP) is 0.692. The lowest BCUT2D eigenvalue weighted by atomic mass is 10.2. The van der Waals surface area contributed by atoms with Crippen molar-refractivity contribution in [2.45, 2.75) is 20.4 Å². The van der Waals surface area contributed by atoms with Gasteiger partial charge in [-0.25, -0.2) is 0 Å². The van der Waals surface area contributed by atoms with Crippen LogP contribution in [-0.4, -0.2) is 15.7 Å². The minimum Gasteiger partial charge on any atom is -0.352 e. The van der Waals surface area contributed by atoms with Crippen LogP contribution < -0.4 is 5.32 Å². The van der Waals surface area contributed by atoms with Gasteiger partial charge in [0.25, 0.3) is 0 Å². The van der Waals surface area contributed by atoms with Gasteiger partial charge in [-0.05, 0) is 0 Å². The largest absolute Gasteiger partial charge is 0.352 e. The van der Waals surface area contributed by atoms with Crippen LogP contribution in [0.4, 0.5) is 0 Å². The van der Waals surface area contributed by atoms with Crippen LogP contribution in [0.25, 0.3) is 0 Å². The third-order valence-corrected chi connectivity index (χ3v) is 1.75. The topological polar surface area (TPSA) is 46.9 Å². The van der Waals surface area contributed by atoms with Crippen LogP contribution >= 0.6 is 0 Å². The van der Waals surface area contributed by atoms with Crippen LogP contribution in [0.1, 0.15) is 19.4 Å². The summed E-state index contributed by atoms with van der Waals surface area (Å²) >= 11 is 0. The molecular formula is C9H15N3O. The Kier molecular flexibility index (Phi) is 3.06. The van der Waals surface area contributed by atoms with E-state index in [0.717, 1.165) is 5.56 Å². The first-order valence-electron chi connectivity index (χ1n) is 4.35. The molecule has 0 fully saturated rings. The van der Waals surface area contributed by atoms with Gasteiger partial charge in [0.15, 0.2) is 0 Å². The molecule has 0 aliphatic rings. The number of nitrogens with zero attached hydrogens (tertiary/aromatic N) is 2. The number of hydrogen-bond acceptors (Lipinski definition) is 2. The fraction of sp³-hybridized carbons (Fsp3) is 0.556. The van der Waals surface area contributed by atoms with Crippen molar-refractivity contribution in [3.05, 3.63) is 18.0 Å². The van der Waals surface area contributed by atoms with Crippen molar-refractivity contribution in [1.29, 1.82) is 0 Å². The highest BCUT2D eigenvalue weighted by molar-refractivity contribution is 5.77. The maximum Gasteiger partial charge on any atom is 0.222 e. The average molecular weight is 181 g/mol. The van der Waals surface area contributed by atoms with Gasteiger partial charge in [-0.3, -0.25) is 9.48 Å². The zero-order chi connectivity index (χ0) is 9.84. The van der Waals surface area contributed by atoms with Crippen LogP contribution in [0, 0.1) is 5.92 Å². The van der Waals surface area contributed by atoms with E-state index < -0.39 is 0 Å². The highest BCUT2D eigenvalue weighted by Crippen LogP contribution is 1.97. The molecule has 4 nitrogen and oxygen atoms in total. The van der Waals surface area contributed by atoms with E-state index >= 15 is 0 Å². The van der Waals surface area contributed by atoms with Gasteiger partial charge in [-0.15, -0.1) is 0 Å². The summed E-state index contributed by atoms with van der Waals surface area (Å²) in [5, 5.41) is 6.82. The van der Waals surface area contributed by atoms with E-state index in [1.54, 1.807) is 10.9 Å². The van der Waals surface area contributed by atoms with E-state index in [1.807, 2.05) is 27.1 Å². The molecule has 1 rings (SSSR count). The number of rotatable bonds is 3. The van der Waals surface area contributed by atoms with Crippen LogP contribution in [0.5, 0.6) is 0 Å². The summed E-state index contributed by atoms with van der Waals surface area (Å²) in [5.74, 6) is 0.112. The minimum atomic E-state index is 0.0386. The molecule has 0 aliphatic carbocycles. The Morgan fingerprint density at radius 3 is 2.85 bits per heavy atom. The lowest BCUT2D eigenvalue weighted by Gasteiger charge is -2.05. The lowest BCUT2D eigenvalue weighted by molar-refractivity contribution is -0.124. The molecule has 1 N–H and O–H groups in total. The molecule has 0 aromatic carbocycles. The minimum absolute atomic E-state index is 0.0386. The number of carbonyl (C=O) groups excluding carboxylic acids is 1. The van der Waals surface area contributed by atoms with Crippen LogP contribution in [0.3, 0.4) is 0 Å². The van der Waals surface area contributed by atoms with Crippen LogP contribution in [0.15, 0.2) is 12.4 Å². The van der Waals surface area contributed by atoms with E-state index in [9.17, 15) is 4.79 Å². The van der Waals surface area contributed by atoms with Crippen molar-refractivity contribution in [3.8, 4) is 0 Å². The molecule has 1 aromatic heterocycles. The Balaban J connectivity index is 2.39. The van der Waals surface area contributed by atoms with E-state index in [1.165, 1.54) is 0 Å². The molecule has 0 saturated heterocycles. The van der Waals surface area contributed by atoms with Gasteiger partial charge in [0.1, 0.15) is 0 Å². The molecule has 0 spiro atoms. The normalized spacial score (nSPS) is 10.5. The zero-order valence-electron chi connectivity index (χ0n) is 8.24.